The second-order valence-corrected chi connectivity index (χ2v) is 5.30. The summed E-state index contributed by atoms with van der Waals surface area (Å²) in [7, 11) is 3.47. The average molecular weight is 326 g/mol. The lowest BCUT2D eigenvalue weighted by atomic mass is 10.2. The predicted octanol–water partition coefficient (Wildman–Crippen LogP) is 1.81. The number of carbonyl (C=O) groups is 1. The van der Waals surface area contributed by atoms with Gasteiger partial charge < -0.3 is 14.6 Å². The lowest BCUT2D eigenvalue weighted by molar-refractivity contribution is 0.203. The number of aromatic nitrogens is 4. The molecule has 0 spiro atoms. The molecule has 124 valence electrons. The van der Waals surface area contributed by atoms with E-state index in [2.05, 4.69) is 20.4 Å². The van der Waals surface area contributed by atoms with Crippen molar-refractivity contribution in [3.63, 3.8) is 0 Å². The van der Waals surface area contributed by atoms with Crippen LogP contribution in [0, 0.1) is 0 Å². The monoisotopic (exact) mass is 326 g/mol. The summed E-state index contributed by atoms with van der Waals surface area (Å²) in [4.78, 5) is 21.9. The molecule has 0 atom stereocenters. The first-order valence-corrected chi connectivity index (χ1v) is 7.45. The van der Waals surface area contributed by atoms with Crippen LogP contribution in [0.25, 0.3) is 11.3 Å². The normalized spacial score (nSPS) is 10.6. The molecule has 8 heteroatoms. The first-order chi connectivity index (χ1) is 11.6. The molecule has 24 heavy (non-hydrogen) atoms. The van der Waals surface area contributed by atoms with Crippen LogP contribution in [0.3, 0.4) is 0 Å². The van der Waals surface area contributed by atoms with Crippen molar-refractivity contribution in [2.45, 2.75) is 13.1 Å². The molecule has 0 bridgehead atoms. The van der Waals surface area contributed by atoms with Crippen molar-refractivity contribution in [2.75, 3.05) is 7.05 Å². The van der Waals surface area contributed by atoms with Crippen molar-refractivity contribution in [1.82, 2.24) is 30.0 Å². The summed E-state index contributed by atoms with van der Waals surface area (Å²) in [5.74, 6) is 1.83. The summed E-state index contributed by atoms with van der Waals surface area (Å²) < 4.78 is 7.28. The summed E-state index contributed by atoms with van der Waals surface area (Å²) in [5, 5.41) is 6.75. The van der Waals surface area contributed by atoms with Crippen LogP contribution >= 0.6 is 0 Å². The van der Waals surface area contributed by atoms with Crippen molar-refractivity contribution in [3.05, 3.63) is 54.6 Å². The molecule has 1 aromatic carbocycles. The minimum atomic E-state index is -0.238. The number of carbonyl (C=O) groups excluding carboxylic acids is 1. The highest BCUT2D eigenvalue weighted by atomic mass is 16.4. The number of hydrogen-bond acceptors (Lipinski definition) is 5. The third kappa shape index (κ3) is 3.60. The highest BCUT2D eigenvalue weighted by Gasteiger charge is 2.13. The van der Waals surface area contributed by atoms with E-state index in [4.69, 9.17) is 4.42 Å². The van der Waals surface area contributed by atoms with E-state index < -0.39 is 0 Å². The molecule has 0 unspecified atom stereocenters. The Morgan fingerprint density at radius 2 is 2.08 bits per heavy atom. The SMILES string of the molecule is CN(Cc1ncnn1C)C(=O)NCc1ncc(-c2ccccc2)o1. The van der Waals surface area contributed by atoms with Gasteiger partial charge in [-0.05, 0) is 0 Å². The molecule has 0 aliphatic heterocycles. The fraction of sp³-hybridized carbons (Fsp3) is 0.250. The molecule has 0 radical (unpaired) electrons. The first kappa shape index (κ1) is 15.7. The molecule has 1 N–H and O–H groups in total. The summed E-state index contributed by atoms with van der Waals surface area (Å²) >= 11 is 0. The molecule has 0 saturated carbocycles. The Hall–Kier alpha value is -3.16. The van der Waals surface area contributed by atoms with E-state index in [1.54, 1.807) is 25.0 Å². The standard InChI is InChI=1S/C16H18N6O2/c1-21(10-14-19-11-20-22(14)2)16(23)18-9-15-17-8-13(24-15)12-6-4-3-5-7-12/h3-8,11H,9-10H2,1-2H3,(H,18,23). The Morgan fingerprint density at radius 3 is 2.79 bits per heavy atom. The highest BCUT2D eigenvalue weighted by Crippen LogP contribution is 2.19. The third-order valence-corrected chi connectivity index (χ3v) is 3.53. The molecule has 2 heterocycles. The maximum Gasteiger partial charge on any atom is 0.317 e. The predicted molar refractivity (Wildman–Crippen MR) is 86.6 cm³/mol. The van der Waals surface area contributed by atoms with Gasteiger partial charge in [0.2, 0.25) is 5.89 Å². The Balaban J connectivity index is 1.55. The first-order valence-electron chi connectivity index (χ1n) is 7.45. The second-order valence-electron chi connectivity index (χ2n) is 5.30. The second kappa shape index (κ2) is 6.95. The van der Waals surface area contributed by atoms with Crippen LogP contribution in [0.1, 0.15) is 11.7 Å². The quantitative estimate of drug-likeness (QED) is 0.772. The van der Waals surface area contributed by atoms with E-state index in [0.717, 1.165) is 5.56 Å². The molecule has 8 nitrogen and oxygen atoms in total. The number of amides is 2. The summed E-state index contributed by atoms with van der Waals surface area (Å²) in [5.41, 5.74) is 0.946. The van der Waals surface area contributed by atoms with Gasteiger partial charge in [0.25, 0.3) is 0 Å². The Labute approximate surface area is 139 Å². The van der Waals surface area contributed by atoms with Crippen molar-refractivity contribution >= 4 is 6.03 Å². The molecule has 3 rings (SSSR count). The third-order valence-electron chi connectivity index (χ3n) is 3.53. The van der Waals surface area contributed by atoms with Crippen LogP contribution in [-0.2, 0) is 20.1 Å². The molecule has 0 saturated heterocycles. The van der Waals surface area contributed by atoms with Crippen LogP contribution in [-0.4, -0.2) is 37.7 Å². The molecular formula is C16H18N6O2. The number of aryl methyl sites for hydroxylation is 1. The topological polar surface area (TPSA) is 89.1 Å². The van der Waals surface area contributed by atoms with Gasteiger partial charge in [-0.15, -0.1) is 0 Å². The minimum absolute atomic E-state index is 0.217. The van der Waals surface area contributed by atoms with Crippen LogP contribution in [0.2, 0.25) is 0 Å². The van der Waals surface area contributed by atoms with Crippen molar-refractivity contribution in [3.8, 4) is 11.3 Å². The number of oxazole rings is 1. The number of rotatable bonds is 5. The lowest BCUT2D eigenvalue weighted by Gasteiger charge is -2.16. The van der Waals surface area contributed by atoms with E-state index in [0.29, 0.717) is 24.0 Å². The van der Waals surface area contributed by atoms with Gasteiger partial charge in [0.15, 0.2) is 5.76 Å². The van der Waals surface area contributed by atoms with Crippen molar-refractivity contribution in [1.29, 1.82) is 0 Å². The minimum Gasteiger partial charge on any atom is -0.439 e. The molecule has 2 amide bonds. The van der Waals surface area contributed by atoms with E-state index in [1.165, 1.54) is 11.2 Å². The summed E-state index contributed by atoms with van der Waals surface area (Å²) in [6.45, 7) is 0.581. The van der Waals surface area contributed by atoms with Gasteiger partial charge in [0, 0.05) is 19.7 Å². The van der Waals surface area contributed by atoms with Crippen molar-refractivity contribution in [2.24, 2.45) is 7.05 Å². The average Bonchev–Trinajstić information content (AvgIpc) is 3.23. The van der Waals surface area contributed by atoms with Crippen LogP contribution in [0.15, 0.2) is 47.3 Å². The Bertz CT molecular complexity index is 811. The summed E-state index contributed by atoms with van der Waals surface area (Å²) in [6.07, 6.45) is 3.11. The zero-order valence-electron chi connectivity index (χ0n) is 13.5. The fourth-order valence-electron chi connectivity index (χ4n) is 2.16. The number of hydrogen-bond donors (Lipinski definition) is 1. The highest BCUT2D eigenvalue weighted by molar-refractivity contribution is 5.73. The number of nitrogens with zero attached hydrogens (tertiary/aromatic N) is 5. The molecule has 0 aliphatic carbocycles. The lowest BCUT2D eigenvalue weighted by Crippen LogP contribution is -2.37. The zero-order valence-corrected chi connectivity index (χ0v) is 13.5. The smallest absolute Gasteiger partial charge is 0.317 e. The molecule has 0 aliphatic rings. The Morgan fingerprint density at radius 1 is 1.29 bits per heavy atom. The summed E-state index contributed by atoms with van der Waals surface area (Å²) in [6, 6.07) is 9.45. The fourth-order valence-corrected chi connectivity index (χ4v) is 2.16. The van der Waals surface area contributed by atoms with E-state index in [9.17, 15) is 4.79 Å². The Kier molecular flexibility index (Phi) is 4.55. The van der Waals surface area contributed by atoms with Crippen molar-refractivity contribution < 1.29 is 9.21 Å². The van der Waals surface area contributed by atoms with E-state index in [1.807, 2.05) is 30.3 Å². The molecule has 0 fully saturated rings. The van der Waals surface area contributed by atoms with Gasteiger partial charge in [0.05, 0.1) is 19.3 Å². The zero-order chi connectivity index (χ0) is 16.9. The molecule has 2 aromatic heterocycles. The van der Waals surface area contributed by atoms with E-state index >= 15 is 0 Å². The van der Waals surface area contributed by atoms with Crippen LogP contribution < -0.4 is 5.32 Å². The van der Waals surface area contributed by atoms with Gasteiger partial charge in [-0.3, -0.25) is 4.68 Å². The van der Waals surface area contributed by atoms with Crippen LogP contribution in [0.5, 0.6) is 0 Å². The van der Waals surface area contributed by atoms with Gasteiger partial charge in [-0.1, -0.05) is 30.3 Å². The van der Waals surface area contributed by atoms with Gasteiger partial charge >= 0.3 is 6.03 Å². The number of urea groups is 1. The largest absolute Gasteiger partial charge is 0.439 e. The van der Waals surface area contributed by atoms with E-state index in [-0.39, 0.29) is 12.6 Å². The van der Waals surface area contributed by atoms with Gasteiger partial charge in [-0.2, -0.15) is 5.10 Å². The molecule has 3 aromatic rings. The van der Waals surface area contributed by atoms with Gasteiger partial charge in [-0.25, -0.2) is 14.8 Å². The van der Waals surface area contributed by atoms with Crippen LogP contribution in [0.4, 0.5) is 4.79 Å². The van der Waals surface area contributed by atoms with Gasteiger partial charge in [0.1, 0.15) is 12.2 Å². The number of nitrogens with one attached hydrogen (secondary N) is 1. The maximum atomic E-state index is 12.1. The maximum absolute atomic E-state index is 12.1. The molecular weight excluding hydrogens is 308 g/mol. The number of benzene rings is 1.